The van der Waals surface area contributed by atoms with Crippen molar-refractivity contribution in [3.05, 3.63) is 0 Å². The molecule has 2 heteroatoms. The van der Waals surface area contributed by atoms with Crippen LogP contribution in [0.1, 0.15) is 72.1 Å². The Morgan fingerprint density at radius 2 is 1.74 bits per heavy atom. The molecule has 0 amide bonds. The minimum atomic E-state index is 0.113. The first-order chi connectivity index (χ1) is 8.94. The molecular weight excluding hydrogens is 236 g/mol. The highest BCUT2D eigenvalue weighted by molar-refractivity contribution is 5.75. The predicted octanol–water partition coefficient (Wildman–Crippen LogP) is 4.32. The van der Waals surface area contributed by atoms with E-state index >= 15 is 0 Å². The van der Waals surface area contributed by atoms with Crippen molar-refractivity contribution in [2.75, 3.05) is 0 Å². The van der Waals surface area contributed by atoms with Gasteiger partial charge in [-0.05, 0) is 61.7 Å². The van der Waals surface area contributed by atoms with Gasteiger partial charge in [0.05, 0.1) is 5.92 Å². The lowest BCUT2D eigenvalue weighted by Gasteiger charge is -2.43. The third-order valence-corrected chi connectivity index (χ3v) is 6.67. The lowest BCUT2D eigenvalue weighted by atomic mass is 9.61. The molecule has 0 saturated heterocycles. The smallest absolute Gasteiger partial charge is 0.310 e. The van der Waals surface area contributed by atoms with Gasteiger partial charge < -0.3 is 4.74 Å². The average Bonchev–Trinajstić information content (AvgIpc) is 2.81. The Kier molecular flexibility index (Phi) is 3.18. The van der Waals surface area contributed by atoms with Crippen molar-refractivity contribution in [1.29, 1.82) is 0 Å². The second-order valence-corrected chi connectivity index (χ2v) is 7.96. The summed E-state index contributed by atoms with van der Waals surface area (Å²) in [6.07, 6.45) is 9.89. The summed E-state index contributed by atoms with van der Waals surface area (Å²) < 4.78 is 5.87. The molecule has 2 bridgehead atoms. The summed E-state index contributed by atoms with van der Waals surface area (Å²) in [4.78, 5) is 12.6. The minimum Gasteiger partial charge on any atom is -0.462 e. The van der Waals surface area contributed by atoms with Crippen LogP contribution in [0.25, 0.3) is 0 Å². The Morgan fingerprint density at radius 1 is 1.05 bits per heavy atom. The molecule has 3 atom stereocenters. The average molecular weight is 264 g/mol. The lowest BCUT2D eigenvalue weighted by Crippen LogP contribution is -2.42. The second-order valence-electron chi connectivity index (χ2n) is 7.96. The van der Waals surface area contributed by atoms with Crippen molar-refractivity contribution < 1.29 is 9.53 Å². The van der Waals surface area contributed by atoms with E-state index in [0.717, 1.165) is 12.8 Å². The van der Waals surface area contributed by atoms with Gasteiger partial charge in [0.15, 0.2) is 0 Å². The van der Waals surface area contributed by atoms with Gasteiger partial charge in [0.1, 0.15) is 6.10 Å². The fourth-order valence-corrected chi connectivity index (χ4v) is 5.03. The summed E-state index contributed by atoms with van der Waals surface area (Å²) in [7, 11) is 0. The number of esters is 1. The van der Waals surface area contributed by atoms with E-state index in [1.54, 1.807) is 0 Å². The Labute approximate surface area is 117 Å². The van der Waals surface area contributed by atoms with Gasteiger partial charge in [0, 0.05) is 0 Å². The molecule has 0 N–H and O–H groups in total. The fourth-order valence-electron chi connectivity index (χ4n) is 5.03. The number of carbonyl (C=O) groups excluding carboxylic acids is 1. The maximum atomic E-state index is 12.6. The third-order valence-electron chi connectivity index (χ3n) is 6.67. The molecule has 108 valence electrons. The third kappa shape index (κ3) is 2.02. The summed E-state index contributed by atoms with van der Waals surface area (Å²) in [6, 6.07) is 0. The molecule has 3 saturated carbocycles. The standard InChI is InChI=1S/C17H28O2/c1-16(2)14(12-9-10-17(16,3)11-12)15(18)19-13-7-5-4-6-8-13/h12-14H,4-11H2,1-3H3. The Bertz CT molecular complexity index is 367. The lowest BCUT2D eigenvalue weighted by molar-refractivity contribution is -0.164. The van der Waals surface area contributed by atoms with Crippen LogP contribution in [0.5, 0.6) is 0 Å². The van der Waals surface area contributed by atoms with E-state index in [9.17, 15) is 4.79 Å². The van der Waals surface area contributed by atoms with Crippen molar-refractivity contribution >= 4 is 5.97 Å². The zero-order chi connectivity index (χ0) is 13.7. The van der Waals surface area contributed by atoms with Gasteiger partial charge in [-0.25, -0.2) is 0 Å². The molecule has 19 heavy (non-hydrogen) atoms. The second kappa shape index (κ2) is 4.49. The van der Waals surface area contributed by atoms with Crippen molar-refractivity contribution in [3.8, 4) is 0 Å². The molecular formula is C17H28O2. The molecule has 3 fully saturated rings. The highest BCUT2D eigenvalue weighted by Gasteiger charge is 2.62. The van der Waals surface area contributed by atoms with E-state index in [1.165, 1.54) is 38.5 Å². The van der Waals surface area contributed by atoms with Crippen LogP contribution in [0, 0.1) is 22.7 Å². The summed E-state index contributed by atoms with van der Waals surface area (Å²) in [5, 5.41) is 0. The molecule has 0 radical (unpaired) electrons. The number of hydrogen-bond acceptors (Lipinski definition) is 2. The molecule has 0 aromatic carbocycles. The Morgan fingerprint density at radius 3 is 2.32 bits per heavy atom. The topological polar surface area (TPSA) is 26.3 Å². The number of rotatable bonds is 2. The number of carbonyl (C=O) groups is 1. The Hall–Kier alpha value is -0.530. The maximum absolute atomic E-state index is 12.6. The summed E-state index contributed by atoms with van der Waals surface area (Å²) in [6.45, 7) is 6.96. The maximum Gasteiger partial charge on any atom is 0.310 e. The van der Waals surface area contributed by atoms with E-state index in [-0.39, 0.29) is 23.4 Å². The normalized spacial score (nSPS) is 41.4. The molecule has 0 aromatic heterocycles. The van der Waals surface area contributed by atoms with Gasteiger partial charge in [-0.1, -0.05) is 27.2 Å². The predicted molar refractivity (Wildman–Crippen MR) is 75.7 cm³/mol. The molecule has 3 aliphatic carbocycles. The van der Waals surface area contributed by atoms with Crippen LogP contribution in [0.4, 0.5) is 0 Å². The van der Waals surface area contributed by atoms with Gasteiger partial charge in [0.2, 0.25) is 0 Å². The van der Waals surface area contributed by atoms with E-state index in [1.807, 2.05) is 0 Å². The van der Waals surface area contributed by atoms with Crippen LogP contribution in [0.15, 0.2) is 0 Å². The summed E-state index contributed by atoms with van der Waals surface area (Å²) >= 11 is 0. The van der Waals surface area contributed by atoms with Gasteiger partial charge in [-0.15, -0.1) is 0 Å². The SMILES string of the molecule is CC12CCC(C1)C(C(=O)OC1CCCCC1)C2(C)C. The van der Waals surface area contributed by atoms with E-state index < -0.39 is 0 Å². The molecule has 3 aliphatic rings. The highest BCUT2D eigenvalue weighted by atomic mass is 16.5. The fraction of sp³-hybridized carbons (Fsp3) is 0.941. The molecule has 0 spiro atoms. The molecule has 0 aliphatic heterocycles. The van der Waals surface area contributed by atoms with Crippen LogP contribution >= 0.6 is 0 Å². The number of hydrogen-bond donors (Lipinski definition) is 0. The zero-order valence-electron chi connectivity index (χ0n) is 12.7. The van der Waals surface area contributed by atoms with Gasteiger partial charge >= 0.3 is 5.97 Å². The zero-order valence-corrected chi connectivity index (χ0v) is 12.7. The van der Waals surface area contributed by atoms with Gasteiger partial charge in [-0.2, -0.15) is 0 Å². The largest absolute Gasteiger partial charge is 0.462 e. The molecule has 3 unspecified atom stereocenters. The van der Waals surface area contributed by atoms with Crippen LogP contribution in [0.3, 0.4) is 0 Å². The van der Waals surface area contributed by atoms with Crippen LogP contribution in [-0.2, 0) is 9.53 Å². The summed E-state index contributed by atoms with van der Waals surface area (Å²) in [5.41, 5.74) is 0.468. The van der Waals surface area contributed by atoms with E-state index in [0.29, 0.717) is 11.3 Å². The van der Waals surface area contributed by atoms with Crippen molar-refractivity contribution in [1.82, 2.24) is 0 Å². The molecule has 0 heterocycles. The summed E-state index contributed by atoms with van der Waals surface area (Å²) in [5.74, 6) is 0.842. The first-order valence-corrected chi connectivity index (χ1v) is 8.14. The van der Waals surface area contributed by atoms with Gasteiger partial charge in [0.25, 0.3) is 0 Å². The van der Waals surface area contributed by atoms with Crippen LogP contribution in [0.2, 0.25) is 0 Å². The van der Waals surface area contributed by atoms with Crippen LogP contribution < -0.4 is 0 Å². The van der Waals surface area contributed by atoms with E-state index in [2.05, 4.69) is 20.8 Å². The van der Waals surface area contributed by atoms with Crippen molar-refractivity contribution in [3.63, 3.8) is 0 Å². The number of fused-ring (bicyclic) bond motifs is 2. The van der Waals surface area contributed by atoms with E-state index in [4.69, 9.17) is 4.74 Å². The molecule has 2 nitrogen and oxygen atoms in total. The van der Waals surface area contributed by atoms with Gasteiger partial charge in [-0.3, -0.25) is 4.79 Å². The first-order valence-electron chi connectivity index (χ1n) is 8.14. The van der Waals surface area contributed by atoms with Crippen molar-refractivity contribution in [2.45, 2.75) is 78.2 Å². The Balaban J connectivity index is 1.70. The highest BCUT2D eigenvalue weighted by Crippen LogP contribution is 2.67. The molecule has 3 rings (SSSR count). The van der Waals surface area contributed by atoms with Crippen molar-refractivity contribution in [2.24, 2.45) is 22.7 Å². The molecule has 0 aromatic rings. The quantitative estimate of drug-likeness (QED) is 0.694. The number of ether oxygens (including phenoxy) is 1. The minimum absolute atomic E-state index is 0.113. The van der Waals surface area contributed by atoms with Crippen LogP contribution in [-0.4, -0.2) is 12.1 Å². The first kappa shape index (κ1) is 13.5. The monoisotopic (exact) mass is 264 g/mol.